The van der Waals surface area contributed by atoms with Gasteiger partial charge in [-0.15, -0.1) is 0 Å². The summed E-state index contributed by atoms with van der Waals surface area (Å²) in [5.41, 5.74) is 2.07. The van der Waals surface area contributed by atoms with Gasteiger partial charge >= 0.3 is 6.03 Å². The van der Waals surface area contributed by atoms with Crippen LogP contribution in [0.15, 0.2) is 35.5 Å². The van der Waals surface area contributed by atoms with Crippen LogP contribution in [0.3, 0.4) is 0 Å². The maximum atomic E-state index is 12.6. The molecule has 116 valence electrons. The van der Waals surface area contributed by atoms with Crippen molar-refractivity contribution in [3.05, 3.63) is 46.1 Å². The first-order valence-electron chi connectivity index (χ1n) is 6.94. The average Bonchev–Trinajstić information content (AvgIpc) is 2.81. The van der Waals surface area contributed by atoms with Gasteiger partial charge in [-0.2, -0.15) is 0 Å². The minimum absolute atomic E-state index is 0.0838. The molecule has 1 atom stereocenters. The van der Waals surface area contributed by atoms with Crippen molar-refractivity contribution < 1.29 is 14.3 Å². The van der Waals surface area contributed by atoms with E-state index in [4.69, 9.17) is 16.3 Å². The van der Waals surface area contributed by atoms with Gasteiger partial charge in [-0.3, -0.25) is 4.79 Å². The highest BCUT2D eigenvalue weighted by Gasteiger charge is 2.40. The fourth-order valence-electron chi connectivity index (χ4n) is 2.72. The van der Waals surface area contributed by atoms with E-state index in [1.165, 1.54) is 0 Å². The Morgan fingerprint density at radius 3 is 2.73 bits per heavy atom. The van der Waals surface area contributed by atoms with Crippen molar-refractivity contribution in [2.75, 3.05) is 26.8 Å². The second-order valence-corrected chi connectivity index (χ2v) is 5.63. The maximum Gasteiger partial charge on any atom is 0.319 e. The maximum absolute atomic E-state index is 12.6. The topological polar surface area (TPSA) is 70.7 Å². The number of carbonyl (C=O) groups is 2. The third-order valence-corrected chi connectivity index (χ3v) is 4.04. The minimum Gasteiger partial charge on any atom is -0.383 e. The van der Waals surface area contributed by atoms with Crippen molar-refractivity contribution in [1.82, 2.24) is 15.5 Å². The standard InChI is InChI=1S/C15H16ClN3O3/c1-22-7-6-19-8-11-12(14(19)20)13(18-15(21)17-11)9-2-4-10(16)5-3-9/h2-5,13H,6-8H2,1H3,(H2,17,18,21). The quantitative estimate of drug-likeness (QED) is 0.881. The predicted molar refractivity (Wildman–Crippen MR) is 81.3 cm³/mol. The van der Waals surface area contributed by atoms with Crippen molar-refractivity contribution in [2.24, 2.45) is 0 Å². The van der Waals surface area contributed by atoms with Crippen LogP contribution in [0.2, 0.25) is 5.02 Å². The van der Waals surface area contributed by atoms with Gasteiger partial charge < -0.3 is 20.3 Å². The zero-order chi connectivity index (χ0) is 15.7. The van der Waals surface area contributed by atoms with Gasteiger partial charge in [0.25, 0.3) is 5.91 Å². The number of amides is 3. The van der Waals surface area contributed by atoms with Gasteiger partial charge in [0, 0.05) is 18.7 Å². The normalized spacial score (nSPS) is 20.8. The lowest BCUT2D eigenvalue weighted by atomic mass is 9.96. The van der Waals surface area contributed by atoms with E-state index >= 15 is 0 Å². The van der Waals surface area contributed by atoms with Crippen LogP contribution in [0.4, 0.5) is 4.79 Å². The Kier molecular flexibility index (Phi) is 4.04. The Balaban J connectivity index is 1.90. The summed E-state index contributed by atoms with van der Waals surface area (Å²) in [6.45, 7) is 1.35. The molecule has 0 aromatic heterocycles. The van der Waals surface area contributed by atoms with Crippen LogP contribution in [0, 0.1) is 0 Å². The van der Waals surface area contributed by atoms with E-state index in [2.05, 4.69) is 10.6 Å². The summed E-state index contributed by atoms with van der Waals surface area (Å²) in [7, 11) is 1.59. The van der Waals surface area contributed by atoms with Gasteiger partial charge in [-0.1, -0.05) is 23.7 Å². The van der Waals surface area contributed by atoms with Gasteiger partial charge in [0.1, 0.15) is 0 Å². The fourth-order valence-corrected chi connectivity index (χ4v) is 2.84. The number of nitrogens with zero attached hydrogens (tertiary/aromatic N) is 1. The molecule has 7 heteroatoms. The van der Waals surface area contributed by atoms with Crippen molar-refractivity contribution in [3.63, 3.8) is 0 Å². The largest absolute Gasteiger partial charge is 0.383 e. The highest BCUT2D eigenvalue weighted by Crippen LogP contribution is 2.32. The zero-order valence-corrected chi connectivity index (χ0v) is 12.8. The van der Waals surface area contributed by atoms with Gasteiger partial charge in [-0.05, 0) is 17.7 Å². The van der Waals surface area contributed by atoms with Crippen LogP contribution < -0.4 is 10.6 Å². The Bertz CT molecular complexity index is 642. The summed E-state index contributed by atoms with van der Waals surface area (Å²) >= 11 is 5.90. The number of methoxy groups -OCH3 is 1. The second kappa shape index (κ2) is 5.98. The Morgan fingerprint density at radius 1 is 1.32 bits per heavy atom. The molecule has 0 radical (unpaired) electrons. The lowest BCUT2D eigenvalue weighted by Crippen LogP contribution is -2.44. The van der Waals surface area contributed by atoms with Gasteiger partial charge in [0.05, 0.1) is 30.5 Å². The number of nitrogens with one attached hydrogen (secondary N) is 2. The molecule has 1 aromatic carbocycles. The molecular formula is C15H16ClN3O3. The van der Waals surface area contributed by atoms with Crippen molar-refractivity contribution in [3.8, 4) is 0 Å². The molecule has 2 heterocycles. The molecule has 2 aliphatic rings. The van der Waals surface area contributed by atoms with E-state index in [1.54, 1.807) is 24.1 Å². The van der Waals surface area contributed by atoms with E-state index in [0.29, 0.717) is 36.0 Å². The Hall–Kier alpha value is -2.05. The molecule has 6 nitrogen and oxygen atoms in total. The van der Waals surface area contributed by atoms with E-state index in [1.807, 2.05) is 12.1 Å². The summed E-state index contributed by atoms with van der Waals surface area (Å²) in [5.74, 6) is -0.0838. The molecule has 2 N–H and O–H groups in total. The van der Waals surface area contributed by atoms with Crippen molar-refractivity contribution >= 4 is 23.5 Å². The van der Waals surface area contributed by atoms with Gasteiger partial charge in [0.2, 0.25) is 0 Å². The molecule has 0 saturated heterocycles. The van der Waals surface area contributed by atoms with Crippen LogP contribution >= 0.6 is 11.6 Å². The molecule has 3 amide bonds. The summed E-state index contributed by atoms with van der Waals surface area (Å²) in [6.07, 6.45) is 0. The fraction of sp³-hybridized carbons (Fsp3) is 0.333. The molecule has 1 aromatic rings. The van der Waals surface area contributed by atoms with E-state index in [9.17, 15) is 9.59 Å². The Morgan fingerprint density at radius 2 is 2.05 bits per heavy atom. The predicted octanol–water partition coefficient (Wildman–Crippen LogP) is 1.44. The number of benzene rings is 1. The number of urea groups is 1. The molecule has 0 fully saturated rings. The van der Waals surface area contributed by atoms with E-state index in [-0.39, 0.29) is 11.9 Å². The molecule has 22 heavy (non-hydrogen) atoms. The molecule has 0 saturated carbocycles. The average molecular weight is 322 g/mol. The van der Waals surface area contributed by atoms with Crippen LogP contribution in [-0.2, 0) is 9.53 Å². The second-order valence-electron chi connectivity index (χ2n) is 5.19. The highest BCUT2D eigenvalue weighted by atomic mass is 35.5. The van der Waals surface area contributed by atoms with Crippen LogP contribution in [0.5, 0.6) is 0 Å². The molecule has 1 unspecified atom stereocenters. The molecule has 0 spiro atoms. The highest BCUT2D eigenvalue weighted by molar-refractivity contribution is 6.30. The van der Waals surface area contributed by atoms with Crippen LogP contribution in [0.1, 0.15) is 11.6 Å². The number of halogens is 1. The lowest BCUT2D eigenvalue weighted by molar-refractivity contribution is -0.126. The first-order chi connectivity index (χ1) is 10.6. The monoisotopic (exact) mass is 321 g/mol. The SMILES string of the molecule is COCCN1CC2=C(C1=O)C(c1ccc(Cl)cc1)NC(=O)N2. The summed E-state index contributed by atoms with van der Waals surface area (Å²) in [4.78, 5) is 26.1. The van der Waals surface area contributed by atoms with Gasteiger partial charge in [0.15, 0.2) is 0 Å². The summed E-state index contributed by atoms with van der Waals surface area (Å²) in [5, 5.41) is 6.14. The number of hydrogen-bond acceptors (Lipinski definition) is 3. The molecule has 3 rings (SSSR count). The van der Waals surface area contributed by atoms with E-state index < -0.39 is 6.04 Å². The third kappa shape index (κ3) is 2.67. The minimum atomic E-state index is -0.457. The number of ether oxygens (including phenoxy) is 1. The lowest BCUT2D eigenvalue weighted by Gasteiger charge is -2.25. The smallest absolute Gasteiger partial charge is 0.319 e. The molecular weight excluding hydrogens is 306 g/mol. The third-order valence-electron chi connectivity index (χ3n) is 3.79. The van der Waals surface area contributed by atoms with E-state index in [0.717, 1.165) is 5.56 Å². The van der Waals surface area contributed by atoms with Gasteiger partial charge in [-0.25, -0.2) is 4.79 Å². The molecule has 0 bridgehead atoms. The van der Waals surface area contributed by atoms with Crippen LogP contribution in [0.25, 0.3) is 0 Å². The number of hydrogen-bond donors (Lipinski definition) is 2. The first kappa shape index (κ1) is 14.9. The van der Waals surface area contributed by atoms with Crippen molar-refractivity contribution in [1.29, 1.82) is 0 Å². The number of rotatable bonds is 4. The molecule has 2 aliphatic heterocycles. The summed E-state index contributed by atoms with van der Waals surface area (Å²) in [6, 6.07) is 6.35. The van der Waals surface area contributed by atoms with Crippen molar-refractivity contribution in [2.45, 2.75) is 6.04 Å². The number of carbonyl (C=O) groups excluding carboxylic acids is 2. The Labute approximate surface area is 133 Å². The van der Waals surface area contributed by atoms with Crippen LogP contribution in [-0.4, -0.2) is 43.6 Å². The molecule has 0 aliphatic carbocycles. The first-order valence-corrected chi connectivity index (χ1v) is 7.32. The summed E-state index contributed by atoms with van der Waals surface area (Å²) < 4.78 is 5.02. The zero-order valence-electron chi connectivity index (χ0n) is 12.1.